The summed E-state index contributed by atoms with van der Waals surface area (Å²) in [6.45, 7) is 5.52. The third kappa shape index (κ3) is 4.68. The van der Waals surface area contributed by atoms with Crippen LogP contribution < -0.4 is 11.3 Å². The average Bonchev–Trinajstić information content (AvgIpc) is 2.33. The summed E-state index contributed by atoms with van der Waals surface area (Å²) < 4.78 is 28.6. The predicted molar refractivity (Wildman–Crippen MR) is 69.2 cm³/mol. The van der Waals surface area contributed by atoms with E-state index in [1.54, 1.807) is 0 Å². The highest BCUT2D eigenvalue weighted by molar-refractivity contribution is 5.47. The van der Waals surface area contributed by atoms with Gasteiger partial charge in [0.05, 0.1) is 6.61 Å². The van der Waals surface area contributed by atoms with E-state index in [2.05, 4.69) is 15.4 Å². The van der Waals surface area contributed by atoms with Crippen LogP contribution in [0.4, 0.5) is 14.6 Å². The molecular formula is C12H20F2N4O. The zero-order valence-corrected chi connectivity index (χ0v) is 11.4. The van der Waals surface area contributed by atoms with Gasteiger partial charge in [0.2, 0.25) is 0 Å². The number of anilines is 1. The fraction of sp³-hybridized carbons (Fsp3) is 0.667. The van der Waals surface area contributed by atoms with Gasteiger partial charge in [-0.25, -0.2) is 24.6 Å². The van der Waals surface area contributed by atoms with Crippen molar-refractivity contribution >= 4 is 5.82 Å². The number of ether oxygens (including phenoxy) is 1. The summed E-state index contributed by atoms with van der Waals surface area (Å²) in [6.07, 6.45) is -2.08. The van der Waals surface area contributed by atoms with Crippen LogP contribution in [0.2, 0.25) is 0 Å². The van der Waals surface area contributed by atoms with Crippen molar-refractivity contribution in [3.05, 3.63) is 17.1 Å². The highest BCUT2D eigenvalue weighted by Gasteiger charge is 2.14. The molecule has 7 heteroatoms. The summed E-state index contributed by atoms with van der Waals surface area (Å²) in [4.78, 5) is 8.62. The molecule has 3 N–H and O–H groups in total. The van der Waals surface area contributed by atoms with Gasteiger partial charge in [0, 0.05) is 17.7 Å². The van der Waals surface area contributed by atoms with Crippen molar-refractivity contribution in [2.24, 2.45) is 5.84 Å². The van der Waals surface area contributed by atoms with Gasteiger partial charge in [-0.1, -0.05) is 13.8 Å². The zero-order valence-electron chi connectivity index (χ0n) is 11.4. The molecule has 0 unspecified atom stereocenters. The Morgan fingerprint density at radius 2 is 2.00 bits per heavy atom. The van der Waals surface area contributed by atoms with Gasteiger partial charge < -0.3 is 10.2 Å². The molecule has 0 atom stereocenters. The lowest BCUT2D eigenvalue weighted by Gasteiger charge is -2.15. The zero-order chi connectivity index (χ0) is 14.4. The SMILES string of the molecule is Cc1nc(CCOCC(F)F)nc(NN)c1C(C)C. The monoisotopic (exact) mass is 274 g/mol. The number of hydrazine groups is 1. The third-order valence-corrected chi connectivity index (χ3v) is 2.61. The quantitative estimate of drug-likeness (QED) is 0.452. The Labute approximate surface area is 111 Å². The Hall–Kier alpha value is -1.34. The number of aromatic nitrogens is 2. The maximum atomic E-state index is 11.9. The van der Waals surface area contributed by atoms with Gasteiger partial charge in [-0.05, 0) is 12.8 Å². The van der Waals surface area contributed by atoms with E-state index >= 15 is 0 Å². The molecule has 0 saturated carbocycles. The van der Waals surface area contributed by atoms with E-state index in [0.717, 1.165) is 11.3 Å². The Morgan fingerprint density at radius 3 is 2.53 bits per heavy atom. The van der Waals surface area contributed by atoms with Gasteiger partial charge in [-0.3, -0.25) is 0 Å². The number of halogens is 2. The minimum Gasteiger partial charge on any atom is -0.375 e. The van der Waals surface area contributed by atoms with Crippen molar-refractivity contribution in [1.29, 1.82) is 0 Å². The Bertz CT molecular complexity index is 413. The molecule has 0 aliphatic heterocycles. The highest BCUT2D eigenvalue weighted by atomic mass is 19.3. The highest BCUT2D eigenvalue weighted by Crippen LogP contribution is 2.24. The van der Waals surface area contributed by atoms with Crippen LogP contribution >= 0.6 is 0 Å². The first-order valence-corrected chi connectivity index (χ1v) is 6.15. The second kappa shape index (κ2) is 7.30. The van der Waals surface area contributed by atoms with E-state index in [4.69, 9.17) is 10.6 Å². The van der Waals surface area contributed by atoms with Crippen LogP contribution in [0.1, 0.15) is 36.8 Å². The van der Waals surface area contributed by atoms with Crippen molar-refractivity contribution in [2.45, 2.75) is 39.5 Å². The number of nitrogens with two attached hydrogens (primary N) is 1. The minimum atomic E-state index is -2.45. The molecule has 0 aliphatic rings. The normalized spacial score (nSPS) is 11.4. The molecule has 0 fully saturated rings. The summed E-state index contributed by atoms with van der Waals surface area (Å²) >= 11 is 0. The summed E-state index contributed by atoms with van der Waals surface area (Å²) in [5.41, 5.74) is 4.35. The summed E-state index contributed by atoms with van der Waals surface area (Å²) in [6, 6.07) is 0. The van der Waals surface area contributed by atoms with Gasteiger partial charge >= 0.3 is 0 Å². The number of hydrogen-bond acceptors (Lipinski definition) is 5. The van der Waals surface area contributed by atoms with Gasteiger partial charge in [0.1, 0.15) is 18.2 Å². The fourth-order valence-corrected chi connectivity index (χ4v) is 1.89. The molecule has 0 bridgehead atoms. The van der Waals surface area contributed by atoms with Crippen molar-refractivity contribution in [3.63, 3.8) is 0 Å². The first-order valence-electron chi connectivity index (χ1n) is 6.15. The standard InChI is InChI=1S/C12H20F2N4O/c1-7(2)11-8(3)16-10(17-12(11)18-15)4-5-19-6-9(13)14/h7,9H,4-6,15H2,1-3H3,(H,16,17,18). The molecule has 19 heavy (non-hydrogen) atoms. The molecule has 0 aliphatic carbocycles. The van der Waals surface area contributed by atoms with E-state index in [1.807, 2.05) is 20.8 Å². The van der Waals surface area contributed by atoms with Gasteiger partial charge in [0.15, 0.2) is 0 Å². The average molecular weight is 274 g/mol. The van der Waals surface area contributed by atoms with E-state index in [0.29, 0.717) is 18.1 Å². The van der Waals surface area contributed by atoms with E-state index in [9.17, 15) is 8.78 Å². The molecule has 108 valence electrons. The molecule has 1 rings (SSSR count). The van der Waals surface area contributed by atoms with Crippen LogP contribution in [-0.2, 0) is 11.2 Å². The van der Waals surface area contributed by atoms with Crippen LogP contribution in [0.5, 0.6) is 0 Å². The van der Waals surface area contributed by atoms with Crippen molar-refractivity contribution in [3.8, 4) is 0 Å². The molecule has 5 nitrogen and oxygen atoms in total. The lowest BCUT2D eigenvalue weighted by molar-refractivity contribution is 0.0183. The molecule has 0 amide bonds. The Kier molecular flexibility index (Phi) is 6.04. The first kappa shape index (κ1) is 15.7. The maximum Gasteiger partial charge on any atom is 0.261 e. The van der Waals surface area contributed by atoms with Crippen LogP contribution in [-0.4, -0.2) is 29.6 Å². The fourth-order valence-electron chi connectivity index (χ4n) is 1.89. The second-order valence-corrected chi connectivity index (χ2v) is 4.50. The van der Waals surface area contributed by atoms with Gasteiger partial charge in [-0.2, -0.15) is 0 Å². The van der Waals surface area contributed by atoms with Gasteiger partial charge in [-0.15, -0.1) is 0 Å². The predicted octanol–water partition coefficient (Wildman–Crippen LogP) is 2.02. The van der Waals surface area contributed by atoms with Crippen LogP contribution in [0.25, 0.3) is 0 Å². The largest absolute Gasteiger partial charge is 0.375 e. The number of nitrogen functional groups attached to an aromatic ring is 1. The van der Waals surface area contributed by atoms with Crippen molar-refractivity contribution in [2.75, 3.05) is 18.6 Å². The number of rotatable bonds is 7. The molecule has 0 saturated heterocycles. The molecule has 1 aromatic heterocycles. The molecule has 1 aromatic rings. The smallest absolute Gasteiger partial charge is 0.261 e. The van der Waals surface area contributed by atoms with Crippen molar-refractivity contribution < 1.29 is 13.5 Å². The lowest BCUT2D eigenvalue weighted by atomic mass is 10.0. The number of aryl methyl sites for hydroxylation is 1. The van der Waals surface area contributed by atoms with Crippen LogP contribution in [0.15, 0.2) is 0 Å². The summed E-state index contributed by atoms with van der Waals surface area (Å²) in [7, 11) is 0. The molecule has 0 radical (unpaired) electrons. The number of alkyl halides is 2. The van der Waals surface area contributed by atoms with Gasteiger partial charge in [0.25, 0.3) is 6.43 Å². The minimum absolute atomic E-state index is 0.162. The van der Waals surface area contributed by atoms with Crippen molar-refractivity contribution in [1.82, 2.24) is 9.97 Å². The molecular weight excluding hydrogens is 254 g/mol. The van der Waals surface area contributed by atoms with E-state index < -0.39 is 13.0 Å². The van der Waals surface area contributed by atoms with Crippen LogP contribution in [0.3, 0.4) is 0 Å². The summed E-state index contributed by atoms with van der Waals surface area (Å²) in [5.74, 6) is 6.80. The Balaban J connectivity index is 2.73. The third-order valence-electron chi connectivity index (χ3n) is 2.61. The number of nitrogens with one attached hydrogen (secondary N) is 1. The van der Waals surface area contributed by atoms with E-state index in [1.165, 1.54) is 0 Å². The first-order chi connectivity index (χ1) is 8.95. The topological polar surface area (TPSA) is 73.1 Å². The number of hydrogen-bond donors (Lipinski definition) is 2. The van der Waals surface area contributed by atoms with E-state index in [-0.39, 0.29) is 12.5 Å². The molecule has 1 heterocycles. The molecule has 0 spiro atoms. The second-order valence-electron chi connectivity index (χ2n) is 4.50. The molecule has 0 aromatic carbocycles. The lowest BCUT2D eigenvalue weighted by Crippen LogP contribution is -2.16. The van der Waals surface area contributed by atoms with Crippen LogP contribution in [0, 0.1) is 6.92 Å². The summed E-state index contributed by atoms with van der Waals surface area (Å²) in [5, 5.41) is 0. The number of nitrogens with zero attached hydrogens (tertiary/aromatic N) is 2. The maximum absolute atomic E-state index is 11.9. The Morgan fingerprint density at radius 1 is 1.32 bits per heavy atom.